The Bertz CT molecular complexity index is 709. The molecule has 2 aromatic carbocycles. The molecule has 2 heterocycles. The molecular formula is C18H20N2O. The van der Waals surface area contributed by atoms with Crippen molar-refractivity contribution in [2.45, 2.75) is 12.0 Å². The van der Waals surface area contributed by atoms with Gasteiger partial charge in [0.15, 0.2) is 0 Å². The third kappa shape index (κ3) is 2.13. The molecule has 108 valence electrons. The molecule has 2 aliphatic heterocycles. The molecule has 1 spiro atoms. The van der Waals surface area contributed by atoms with E-state index in [9.17, 15) is 0 Å². The predicted molar refractivity (Wildman–Crippen MR) is 86.5 cm³/mol. The molecule has 3 heteroatoms. The van der Waals surface area contributed by atoms with Crippen LogP contribution in [0.2, 0.25) is 0 Å². The van der Waals surface area contributed by atoms with Crippen molar-refractivity contribution in [1.82, 2.24) is 4.90 Å². The SMILES string of the molecule is NCCN1CCC2(C=Cc3ccc4ccccc4c3O2)C1. The van der Waals surface area contributed by atoms with Crippen molar-refractivity contribution in [2.24, 2.45) is 5.73 Å². The highest BCUT2D eigenvalue weighted by molar-refractivity contribution is 5.92. The summed E-state index contributed by atoms with van der Waals surface area (Å²) >= 11 is 0. The van der Waals surface area contributed by atoms with E-state index in [-0.39, 0.29) is 5.60 Å². The number of nitrogens with two attached hydrogens (primary N) is 1. The highest BCUT2D eigenvalue weighted by atomic mass is 16.5. The monoisotopic (exact) mass is 280 g/mol. The maximum Gasteiger partial charge on any atom is 0.141 e. The van der Waals surface area contributed by atoms with E-state index in [1.807, 2.05) is 0 Å². The van der Waals surface area contributed by atoms with Crippen LogP contribution in [0.4, 0.5) is 0 Å². The maximum absolute atomic E-state index is 6.50. The second-order valence-corrected chi connectivity index (χ2v) is 6.02. The number of hydrogen-bond acceptors (Lipinski definition) is 3. The van der Waals surface area contributed by atoms with Gasteiger partial charge >= 0.3 is 0 Å². The van der Waals surface area contributed by atoms with Crippen LogP contribution in [0.1, 0.15) is 12.0 Å². The van der Waals surface area contributed by atoms with Gasteiger partial charge in [-0.1, -0.05) is 42.5 Å². The fourth-order valence-corrected chi connectivity index (χ4v) is 3.46. The van der Waals surface area contributed by atoms with E-state index in [2.05, 4.69) is 53.5 Å². The molecule has 0 amide bonds. The summed E-state index contributed by atoms with van der Waals surface area (Å²) in [5, 5.41) is 2.44. The Labute approximate surface area is 125 Å². The van der Waals surface area contributed by atoms with Gasteiger partial charge in [0.1, 0.15) is 11.4 Å². The fourth-order valence-electron chi connectivity index (χ4n) is 3.46. The van der Waals surface area contributed by atoms with Crippen molar-refractivity contribution < 1.29 is 4.74 Å². The van der Waals surface area contributed by atoms with Gasteiger partial charge in [-0.15, -0.1) is 0 Å². The molecule has 2 N–H and O–H groups in total. The summed E-state index contributed by atoms with van der Waals surface area (Å²) in [6.45, 7) is 3.64. The van der Waals surface area contributed by atoms with Gasteiger partial charge in [0.25, 0.3) is 0 Å². The van der Waals surface area contributed by atoms with Gasteiger partial charge in [-0.25, -0.2) is 0 Å². The highest BCUT2D eigenvalue weighted by Crippen LogP contribution is 2.40. The molecule has 4 rings (SSSR count). The van der Waals surface area contributed by atoms with E-state index in [0.29, 0.717) is 6.54 Å². The number of nitrogens with zero attached hydrogens (tertiary/aromatic N) is 1. The molecule has 1 atom stereocenters. The summed E-state index contributed by atoms with van der Waals surface area (Å²) in [6.07, 6.45) is 5.49. The van der Waals surface area contributed by atoms with E-state index in [0.717, 1.165) is 31.8 Å². The Morgan fingerprint density at radius 3 is 3.00 bits per heavy atom. The number of fused-ring (bicyclic) bond motifs is 3. The molecule has 0 saturated carbocycles. The van der Waals surface area contributed by atoms with E-state index in [4.69, 9.17) is 10.5 Å². The van der Waals surface area contributed by atoms with Crippen molar-refractivity contribution in [3.8, 4) is 5.75 Å². The molecule has 0 aliphatic carbocycles. The minimum atomic E-state index is -0.174. The molecular weight excluding hydrogens is 260 g/mol. The third-order valence-corrected chi connectivity index (χ3v) is 4.57. The minimum absolute atomic E-state index is 0.174. The molecule has 3 nitrogen and oxygen atoms in total. The Kier molecular flexibility index (Phi) is 2.98. The van der Waals surface area contributed by atoms with Gasteiger partial charge in [0.2, 0.25) is 0 Å². The zero-order valence-electron chi connectivity index (χ0n) is 12.1. The van der Waals surface area contributed by atoms with Gasteiger partial charge in [-0.2, -0.15) is 0 Å². The number of rotatable bonds is 2. The largest absolute Gasteiger partial charge is 0.481 e. The standard InChI is InChI=1S/C18H20N2O/c19-10-12-20-11-9-18(13-20)8-7-15-6-5-14-3-1-2-4-16(14)17(15)21-18/h1-8H,9-13,19H2. The summed E-state index contributed by atoms with van der Waals surface area (Å²) in [7, 11) is 0. The van der Waals surface area contributed by atoms with Gasteiger partial charge in [-0.3, -0.25) is 4.90 Å². The van der Waals surface area contributed by atoms with E-state index < -0.39 is 0 Å². The van der Waals surface area contributed by atoms with Crippen LogP contribution >= 0.6 is 0 Å². The van der Waals surface area contributed by atoms with Crippen LogP contribution in [0.3, 0.4) is 0 Å². The Morgan fingerprint density at radius 2 is 2.10 bits per heavy atom. The van der Waals surface area contributed by atoms with Crippen LogP contribution in [0.5, 0.6) is 5.75 Å². The maximum atomic E-state index is 6.50. The van der Waals surface area contributed by atoms with Crippen LogP contribution in [0.15, 0.2) is 42.5 Å². The van der Waals surface area contributed by atoms with Crippen molar-refractivity contribution in [3.05, 3.63) is 48.0 Å². The number of hydrogen-bond donors (Lipinski definition) is 1. The Morgan fingerprint density at radius 1 is 1.19 bits per heavy atom. The molecule has 2 aromatic rings. The highest BCUT2D eigenvalue weighted by Gasteiger charge is 2.40. The summed E-state index contributed by atoms with van der Waals surface area (Å²) < 4.78 is 6.50. The second-order valence-electron chi connectivity index (χ2n) is 6.02. The topological polar surface area (TPSA) is 38.5 Å². The summed E-state index contributed by atoms with van der Waals surface area (Å²) in [6, 6.07) is 12.7. The number of likely N-dealkylation sites (tertiary alicyclic amines) is 1. The predicted octanol–water partition coefficient (Wildman–Crippen LogP) is 2.65. The molecule has 0 bridgehead atoms. The lowest BCUT2D eigenvalue weighted by Crippen LogP contribution is -2.39. The van der Waals surface area contributed by atoms with Crippen molar-refractivity contribution >= 4 is 16.8 Å². The molecule has 0 aromatic heterocycles. The van der Waals surface area contributed by atoms with Crippen LogP contribution in [0, 0.1) is 0 Å². The van der Waals surface area contributed by atoms with E-state index >= 15 is 0 Å². The Balaban J connectivity index is 1.73. The third-order valence-electron chi connectivity index (χ3n) is 4.57. The smallest absolute Gasteiger partial charge is 0.141 e. The lowest BCUT2D eigenvalue weighted by atomic mass is 9.95. The van der Waals surface area contributed by atoms with Crippen molar-refractivity contribution in [3.63, 3.8) is 0 Å². The van der Waals surface area contributed by atoms with E-state index in [1.165, 1.54) is 16.3 Å². The van der Waals surface area contributed by atoms with Crippen LogP contribution in [0.25, 0.3) is 16.8 Å². The van der Waals surface area contributed by atoms with E-state index in [1.54, 1.807) is 0 Å². The first-order chi connectivity index (χ1) is 10.3. The molecule has 1 saturated heterocycles. The lowest BCUT2D eigenvalue weighted by Gasteiger charge is -2.32. The zero-order valence-corrected chi connectivity index (χ0v) is 12.1. The fraction of sp³-hybridized carbons (Fsp3) is 0.333. The number of ether oxygens (including phenoxy) is 1. The first kappa shape index (κ1) is 12.9. The average Bonchev–Trinajstić information content (AvgIpc) is 2.90. The summed E-state index contributed by atoms with van der Waals surface area (Å²) in [4.78, 5) is 2.39. The molecule has 1 unspecified atom stereocenters. The molecule has 2 aliphatic rings. The quantitative estimate of drug-likeness (QED) is 0.919. The van der Waals surface area contributed by atoms with Crippen molar-refractivity contribution in [2.75, 3.05) is 26.2 Å². The van der Waals surface area contributed by atoms with Gasteiger partial charge < -0.3 is 10.5 Å². The minimum Gasteiger partial charge on any atom is -0.481 e. The molecule has 21 heavy (non-hydrogen) atoms. The average molecular weight is 280 g/mol. The Hall–Kier alpha value is -1.84. The van der Waals surface area contributed by atoms with Gasteiger partial charge in [0, 0.05) is 43.5 Å². The number of benzene rings is 2. The van der Waals surface area contributed by atoms with Crippen LogP contribution < -0.4 is 10.5 Å². The molecule has 1 fully saturated rings. The lowest BCUT2D eigenvalue weighted by molar-refractivity contribution is 0.126. The second kappa shape index (κ2) is 4.86. The van der Waals surface area contributed by atoms with Crippen LogP contribution in [-0.4, -0.2) is 36.7 Å². The van der Waals surface area contributed by atoms with Gasteiger partial charge in [0.05, 0.1) is 0 Å². The summed E-state index contributed by atoms with van der Waals surface area (Å²) in [5.41, 5.74) is 6.68. The zero-order chi connectivity index (χ0) is 14.3. The normalized spacial score (nSPS) is 24.4. The van der Waals surface area contributed by atoms with Crippen molar-refractivity contribution in [1.29, 1.82) is 0 Å². The molecule has 0 radical (unpaired) electrons. The van der Waals surface area contributed by atoms with Gasteiger partial charge in [-0.05, 0) is 11.5 Å². The van der Waals surface area contributed by atoms with Crippen LogP contribution in [-0.2, 0) is 0 Å². The summed E-state index contributed by atoms with van der Waals surface area (Å²) in [5.74, 6) is 1.03. The first-order valence-corrected chi connectivity index (χ1v) is 7.62. The first-order valence-electron chi connectivity index (χ1n) is 7.62.